The smallest absolute Gasteiger partial charge is 0.272 e. The second-order valence-electron chi connectivity index (χ2n) is 6.84. The first-order chi connectivity index (χ1) is 14.6. The Kier molecular flexibility index (Phi) is 5.67. The molecular formula is C21H20ClN5O3. The maximum absolute atomic E-state index is 12.9. The number of ether oxygens (including phenoxy) is 1. The number of nitrogens with zero attached hydrogens (tertiary/aromatic N) is 4. The standard InChI is InChI=1S/C21H20ClN5O3/c1-30-19-11-15(22)4-5-16(19)20(28)26-7-9-27(10-8-26)21(29)18-12-17(24-25-18)14-3-2-6-23-13-14/h2-6,11-13H,7-10H2,1H3,(H,24,25). The molecule has 0 atom stereocenters. The van der Waals surface area contributed by atoms with Crippen LogP contribution in [0.1, 0.15) is 20.8 Å². The van der Waals surface area contributed by atoms with Crippen molar-refractivity contribution in [1.82, 2.24) is 25.0 Å². The zero-order valence-electron chi connectivity index (χ0n) is 16.3. The Morgan fingerprint density at radius 1 is 1.07 bits per heavy atom. The van der Waals surface area contributed by atoms with Gasteiger partial charge >= 0.3 is 0 Å². The van der Waals surface area contributed by atoms with Gasteiger partial charge in [0.1, 0.15) is 11.4 Å². The molecule has 2 amide bonds. The van der Waals surface area contributed by atoms with Crippen LogP contribution >= 0.6 is 11.6 Å². The van der Waals surface area contributed by atoms with Gasteiger partial charge in [0.25, 0.3) is 11.8 Å². The minimum atomic E-state index is -0.145. The van der Waals surface area contributed by atoms with Crippen LogP contribution in [0.2, 0.25) is 5.02 Å². The van der Waals surface area contributed by atoms with Crippen molar-refractivity contribution in [3.8, 4) is 17.0 Å². The third kappa shape index (κ3) is 3.99. The van der Waals surface area contributed by atoms with Crippen molar-refractivity contribution in [1.29, 1.82) is 0 Å². The lowest BCUT2D eigenvalue weighted by molar-refractivity contribution is 0.0530. The zero-order valence-corrected chi connectivity index (χ0v) is 17.1. The average molecular weight is 426 g/mol. The summed E-state index contributed by atoms with van der Waals surface area (Å²) in [6.45, 7) is 1.73. The van der Waals surface area contributed by atoms with Gasteiger partial charge in [-0.05, 0) is 36.4 Å². The van der Waals surface area contributed by atoms with Gasteiger partial charge < -0.3 is 14.5 Å². The highest BCUT2D eigenvalue weighted by atomic mass is 35.5. The molecule has 1 saturated heterocycles. The van der Waals surface area contributed by atoms with E-state index in [9.17, 15) is 9.59 Å². The van der Waals surface area contributed by atoms with Crippen molar-refractivity contribution >= 4 is 23.4 Å². The Bertz CT molecular complexity index is 1060. The number of H-pyrrole nitrogens is 1. The molecule has 1 aliphatic heterocycles. The summed E-state index contributed by atoms with van der Waals surface area (Å²) in [7, 11) is 1.50. The van der Waals surface area contributed by atoms with Crippen molar-refractivity contribution in [3.05, 3.63) is 65.1 Å². The predicted molar refractivity (Wildman–Crippen MR) is 112 cm³/mol. The second kappa shape index (κ2) is 8.54. The van der Waals surface area contributed by atoms with Crippen molar-refractivity contribution in [2.45, 2.75) is 0 Å². The van der Waals surface area contributed by atoms with Gasteiger partial charge in [-0.3, -0.25) is 19.7 Å². The van der Waals surface area contributed by atoms with Crippen LogP contribution in [0.25, 0.3) is 11.3 Å². The van der Waals surface area contributed by atoms with Crippen LogP contribution < -0.4 is 4.74 Å². The molecule has 0 unspecified atom stereocenters. The number of rotatable bonds is 4. The molecule has 2 aromatic heterocycles. The monoisotopic (exact) mass is 425 g/mol. The number of hydrogen-bond acceptors (Lipinski definition) is 5. The third-order valence-electron chi connectivity index (χ3n) is 5.01. The Balaban J connectivity index is 1.40. The normalized spacial score (nSPS) is 13.9. The topological polar surface area (TPSA) is 91.4 Å². The number of aromatic amines is 1. The Morgan fingerprint density at radius 3 is 2.47 bits per heavy atom. The largest absolute Gasteiger partial charge is 0.496 e. The molecule has 1 aliphatic rings. The highest BCUT2D eigenvalue weighted by molar-refractivity contribution is 6.30. The first-order valence-electron chi connectivity index (χ1n) is 9.44. The molecule has 0 saturated carbocycles. The number of benzene rings is 1. The van der Waals surface area contributed by atoms with E-state index in [1.54, 1.807) is 46.5 Å². The Hall–Kier alpha value is -3.39. The molecule has 1 N–H and O–H groups in total. The van der Waals surface area contributed by atoms with Gasteiger partial charge in [0.15, 0.2) is 0 Å². The lowest BCUT2D eigenvalue weighted by Gasteiger charge is -2.34. The van der Waals surface area contributed by atoms with Crippen LogP contribution in [-0.4, -0.2) is 70.1 Å². The van der Waals surface area contributed by atoms with E-state index in [0.717, 1.165) is 5.56 Å². The number of carbonyl (C=O) groups excluding carboxylic acids is 2. The quantitative estimate of drug-likeness (QED) is 0.694. The number of pyridine rings is 1. The van der Waals surface area contributed by atoms with E-state index in [2.05, 4.69) is 15.2 Å². The van der Waals surface area contributed by atoms with E-state index in [-0.39, 0.29) is 11.8 Å². The molecule has 0 radical (unpaired) electrons. The number of methoxy groups -OCH3 is 1. The SMILES string of the molecule is COc1cc(Cl)ccc1C(=O)N1CCN(C(=O)c2cc(-c3cccnc3)n[nH]2)CC1. The first-order valence-corrected chi connectivity index (χ1v) is 9.82. The zero-order chi connectivity index (χ0) is 21.1. The number of halogens is 1. The second-order valence-corrected chi connectivity index (χ2v) is 7.27. The fourth-order valence-electron chi connectivity index (χ4n) is 3.39. The van der Waals surface area contributed by atoms with Crippen molar-refractivity contribution in [2.24, 2.45) is 0 Å². The predicted octanol–water partition coefficient (Wildman–Crippen LogP) is 2.73. The van der Waals surface area contributed by atoms with Gasteiger partial charge in [-0.15, -0.1) is 0 Å². The molecule has 4 rings (SSSR count). The molecule has 1 fully saturated rings. The number of carbonyl (C=O) groups is 2. The molecule has 0 spiro atoms. The van der Waals surface area contributed by atoms with Gasteiger partial charge in [-0.25, -0.2) is 0 Å². The maximum Gasteiger partial charge on any atom is 0.272 e. The summed E-state index contributed by atoms with van der Waals surface area (Å²) in [5.41, 5.74) is 2.36. The lowest BCUT2D eigenvalue weighted by atomic mass is 10.1. The number of hydrogen-bond donors (Lipinski definition) is 1. The summed E-state index contributed by atoms with van der Waals surface area (Å²) in [4.78, 5) is 33.2. The summed E-state index contributed by atoms with van der Waals surface area (Å²) in [5, 5.41) is 7.52. The number of amides is 2. The van der Waals surface area contributed by atoms with Gasteiger partial charge in [-0.1, -0.05) is 11.6 Å². The summed E-state index contributed by atoms with van der Waals surface area (Å²) < 4.78 is 5.28. The van der Waals surface area contributed by atoms with Crippen molar-refractivity contribution in [2.75, 3.05) is 33.3 Å². The van der Waals surface area contributed by atoms with Crippen LogP contribution in [-0.2, 0) is 0 Å². The van der Waals surface area contributed by atoms with Crippen LogP contribution in [0, 0.1) is 0 Å². The van der Waals surface area contributed by atoms with Gasteiger partial charge in [-0.2, -0.15) is 5.10 Å². The maximum atomic E-state index is 12.9. The molecule has 8 nitrogen and oxygen atoms in total. The summed E-state index contributed by atoms with van der Waals surface area (Å²) in [6, 6.07) is 10.4. The third-order valence-corrected chi connectivity index (χ3v) is 5.25. The van der Waals surface area contributed by atoms with Gasteiger partial charge in [0, 0.05) is 49.2 Å². The molecule has 0 bridgehead atoms. The molecule has 30 heavy (non-hydrogen) atoms. The summed E-state index contributed by atoms with van der Waals surface area (Å²) in [5.74, 6) is 0.149. The molecule has 3 heterocycles. The van der Waals surface area contributed by atoms with E-state index in [4.69, 9.17) is 16.3 Å². The fourth-order valence-corrected chi connectivity index (χ4v) is 3.55. The number of piperazine rings is 1. The molecular weight excluding hydrogens is 406 g/mol. The van der Waals surface area contributed by atoms with E-state index in [1.165, 1.54) is 7.11 Å². The van der Waals surface area contributed by atoms with Crippen LogP contribution in [0.15, 0.2) is 48.8 Å². The van der Waals surface area contributed by atoms with E-state index < -0.39 is 0 Å². The Morgan fingerprint density at radius 2 is 1.80 bits per heavy atom. The highest BCUT2D eigenvalue weighted by Gasteiger charge is 2.27. The molecule has 1 aromatic carbocycles. The number of aromatic nitrogens is 3. The van der Waals surface area contributed by atoms with Gasteiger partial charge in [0.2, 0.25) is 0 Å². The Labute approximate surface area is 178 Å². The lowest BCUT2D eigenvalue weighted by Crippen LogP contribution is -2.50. The van der Waals surface area contributed by atoms with E-state index >= 15 is 0 Å². The van der Waals surface area contributed by atoms with E-state index in [1.807, 2.05) is 12.1 Å². The van der Waals surface area contributed by atoms with E-state index in [0.29, 0.717) is 53.9 Å². The average Bonchev–Trinajstić information content (AvgIpc) is 3.29. The fraction of sp³-hybridized carbons (Fsp3) is 0.238. The van der Waals surface area contributed by atoms with Crippen LogP contribution in [0.3, 0.4) is 0 Å². The van der Waals surface area contributed by atoms with Crippen molar-refractivity contribution < 1.29 is 14.3 Å². The minimum absolute atomic E-state index is 0.143. The van der Waals surface area contributed by atoms with Crippen LogP contribution in [0.4, 0.5) is 0 Å². The summed E-state index contributed by atoms with van der Waals surface area (Å²) in [6.07, 6.45) is 3.38. The minimum Gasteiger partial charge on any atom is -0.496 e. The van der Waals surface area contributed by atoms with Crippen LogP contribution in [0.5, 0.6) is 5.75 Å². The molecule has 3 aromatic rings. The number of nitrogens with one attached hydrogen (secondary N) is 1. The van der Waals surface area contributed by atoms with Gasteiger partial charge in [0.05, 0.1) is 18.4 Å². The molecule has 0 aliphatic carbocycles. The highest BCUT2D eigenvalue weighted by Crippen LogP contribution is 2.25. The summed E-state index contributed by atoms with van der Waals surface area (Å²) >= 11 is 5.98. The molecule has 9 heteroatoms. The first kappa shape index (κ1) is 19.9. The van der Waals surface area contributed by atoms with Crippen molar-refractivity contribution in [3.63, 3.8) is 0 Å². The molecule has 154 valence electrons.